The molecule has 0 atom stereocenters. The lowest BCUT2D eigenvalue weighted by Gasteiger charge is -2.33. The summed E-state index contributed by atoms with van der Waals surface area (Å²) < 4.78 is 49.8. The van der Waals surface area contributed by atoms with Crippen molar-refractivity contribution in [3.8, 4) is 22.3 Å². The maximum Gasteiger partial charge on any atom is 0.410 e. The van der Waals surface area contributed by atoms with E-state index in [0.717, 1.165) is 28.1 Å². The number of piperidine rings is 1. The number of aromatic amines is 1. The number of carbonyl (C=O) groups is 1. The van der Waals surface area contributed by atoms with Crippen LogP contribution >= 0.6 is 0 Å². The molecule has 0 bridgehead atoms. The molecule has 4 heterocycles. The first-order valence-electron chi connectivity index (χ1n) is 14.2. The number of likely N-dealkylation sites (tertiary alicyclic amines) is 1. The van der Waals surface area contributed by atoms with Crippen LogP contribution in [0.1, 0.15) is 50.7 Å². The molecule has 0 saturated carbocycles. The van der Waals surface area contributed by atoms with Gasteiger partial charge in [0.25, 0.3) is 0 Å². The summed E-state index contributed by atoms with van der Waals surface area (Å²) >= 11 is 0. The van der Waals surface area contributed by atoms with Gasteiger partial charge in [-0.1, -0.05) is 12.1 Å². The van der Waals surface area contributed by atoms with E-state index in [1.54, 1.807) is 34.2 Å². The highest BCUT2D eigenvalue weighted by Crippen LogP contribution is 2.35. The minimum absolute atomic E-state index is 0.0185. The fourth-order valence-electron chi connectivity index (χ4n) is 5.62. The molecule has 0 radical (unpaired) electrons. The van der Waals surface area contributed by atoms with Crippen molar-refractivity contribution in [1.29, 1.82) is 0 Å². The zero-order valence-corrected chi connectivity index (χ0v) is 24.2. The van der Waals surface area contributed by atoms with E-state index in [0.29, 0.717) is 48.3 Å². The van der Waals surface area contributed by atoms with Crippen molar-refractivity contribution in [1.82, 2.24) is 24.6 Å². The van der Waals surface area contributed by atoms with Crippen LogP contribution in [0.15, 0.2) is 67.3 Å². The Kier molecular flexibility index (Phi) is 7.45. The van der Waals surface area contributed by atoms with Gasteiger partial charge in [0.1, 0.15) is 28.7 Å². The van der Waals surface area contributed by atoms with Crippen LogP contribution < -0.4 is 0 Å². The largest absolute Gasteiger partial charge is 0.444 e. The molecule has 3 aromatic heterocycles. The average Bonchev–Trinajstić information content (AvgIpc) is 3.58. The zero-order chi connectivity index (χ0) is 30.3. The molecular formula is C33H32F3N5O2. The predicted molar refractivity (Wildman–Crippen MR) is 158 cm³/mol. The van der Waals surface area contributed by atoms with Crippen molar-refractivity contribution in [2.75, 3.05) is 13.1 Å². The van der Waals surface area contributed by atoms with Crippen molar-refractivity contribution in [3.63, 3.8) is 0 Å². The number of halogens is 3. The van der Waals surface area contributed by atoms with Crippen LogP contribution in [0.4, 0.5) is 18.0 Å². The summed E-state index contributed by atoms with van der Waals surface area (Å²) in [6, 6.07) is 10.6. The Labute approximate surface area is 247 Å². The zero-order valence-electron chi connectivity index (χ0n) is 24.2. The number of rotatable bonds is 5. The molecule has 1 saturated heterocycles. The third-order valence-electron chi connectivity index (χ3n) is 7.66. The highest BCUT2D eigenvalue weighted by molar-refractivity contribution is 5.95. The Bertz CT molecular complexity index is 1780. The molecule has 1 N–H and O–H groups in total. The van der Waals surface area contributed by atoms with Crippen LogP contribution in [0.2, 0.25) is 0 Å². The van der Waals surface area contributed by atoms with Gasteiger partial charge in [0.15, 0.2) is 0 Å². The Morgan fingerprint density at radius 2 is 1.72 bits per heavy atom. The number of nitrogens with zero attached hydrogens (tertiary/aromatic N) is 4. The summed E-state index contributed by atoms with van der Waals surface area (Å²) in [6.45, 7) is 6.78. The van der Waals surface area contributed by atoms with Crippen LogP contribution in [0.5, 0.6) is 0 Å². The number of nitrogens with one attached hydrogen (secondary N) is 1. The summed E-state index contributed by atoms with van der Waals surface area (Å²) in [5.74, 6) is -1.53. The Balaban J connectivity index is 1.19. The average molecular weight is 588 g/mol. The van der Waals surface area contributed by atoms with E-state index in [1.165, 1.54) is 12.1 Å². The lowest BCUT2D eigenvalue weighted by atomic mass is 9.88. The number of hydrogen-bond donors (Lipinski definition) is 1. The minimum Gasteiger partial charge on any atom is -0.444 e. The van der Waals surface area contributed by atoms with E-state index in [1.807, 2.05) is 45.2 Å². The maximum absolute atomic E-state index is 15.4. The molecule has 0 aliphatic carbocycles. The fourth-order valence-corrected chi connectivity index (χ4v) is 5.62. The Hall–Kier alpha value is -4.60. The molecule has 10 heteroatoms. The topological polar surface area (TPSA) is 76.0 Å². The summed E-state index contributed by atoms with van der Waals surface area (Å²) in [6.07, 6.45) is 8.03. The molecule has 1 fully saturated rings. The molecule has 1 aliphatic rings. The molecule has 2 aromatic carbocycles. The van der Waals surface area contributed by atoms with Gasteiger partial charge in [-0.15, -0.1) is 0 Å². The number of hydrogen-bond acceptors (Lipinski definition) is 4. The van der Waals surface area contributed by atoms with Crippen molar-refractivity contribution in [3.05, 3.63) is 95.8 Å². The number of H-pyrrole nitrogens is 1. The van der Waals surface area contributed by atoms with E-state index >= 15 is 4.39 Å². The SMILES string of the molecule is CC(C)(C)OC(=O)N1CCC(c2ccc(-c3cnc4[nH]cc(-c5cnn(Cc6cc(F)cc(F)c6)c5)c4c3)cc2F)CC1. The van der Waals surface area contributed by atoms with Gasteiger partial charge in [0, 0.05) is 59.8 Å². The Morgan fingerprint density at radius 3 is 2.42 bits per heavy atom. The summed E-state index contributed by atoms with van der Waals surface area (Å²) in [4.78, 5) is 21.8. The van der Waals surface area contributed by atoms with Gasteiger partial charge in [-0.2, -0.15) is 5.10 Å². The standard InChI is InChI=1S/C33H32F3N5O2/c1-33(2,3)43-32(42)40-8-6-21(7-9-40)27-5-4-22(13-30(27)36)23-12-28-29(17-38-31(28)37-15-23)24-16-39-41(19-24)18-20-10-25(34)14-26(35)11-20/h4-5,10-17,19,21H,6-9,18H2,1-3H3,(H,37,38). The van der Waals surface area contributed by atoms with Crippen LogP contribution in [-0.2, 0) is 11.3 Å². The maximum atomic E-state index is 15.4. The van der Waals surface area contributed by atoms with Crippen molar-refractivity contribution < 1.29 is 22.7 Å². The van der Waals surface area contributed by atoms with Crippen LogP contribution in [0.3, 0.4) is 0 Å². The molecule has 1 aliphatic heterocycles. The second kappa shape index (κ2) is 11.2. The molecule has 5 aromatic rings. The summed E-state index contributed by atoms with van der Waals surface area (Å²) in [5.41, 5.74) is 4.37. The van der Waals surface area contributed by atoms with E-state index in [2.05, 4.69) is 15.1 Å². The monoisotopic (exact) mass is 587 g/mol. The second-order valence-corrected chi connectivity index (χ2v) is 12.0. The predicted octanol–water partition coefficient (Wildman–Crippen LogP) is 7.67. The number of ether oxygens (including phenoxy) is 1. The van der Waals surface area contributed by atoms with Crippen LogP contribution in [0.25, 0.3) is 33.3 Å². The van der Waals surface area contributed by atoms with Crippen molar-refractivity contribution >= 4 is 17.1 Å². The number of benzene rings is 2. The molecule has 43 heavy (non-hydrogen) atoms. The van der Waals surface area contributed by atoms with Gasteiger partial charge in [-0.05, 0) is 80.5 Å². The minimum atomic E-state index is -0.634. The summed E-state index contributed by atoms with van der Waals surface area (Å²) in [5, 5.41) is 5.21. The van der Waals surface area contributed by atoms with E-state index in [9.17, 15) is 13.6 Å². The van der Waals surface area contributed by atoms with Gasteiger partial charge >= 0.3 is 6.09 Å². The van der Waals surface area contributed by atoms with E-state index in [-0.39, 0.29) is 24.4 Å². The van der Waals surface area contributed by atoms with E-state index < -0.39 is 17.2 Å². The molecule has 1 amide bonds. The highest BCUT2D eigenvalue weighted by Gasteiger charge is 2.28. The quantitative estimate of drug-likeness (QED) is 0.229. The smallest absolute Gasteiger partial charge is 0.410 e. The molecule has 0 spiro atoms. The second-order valence-electron chi connectivity index (χ2n) is 12.0. The first-order chi connectivity index (χ1) is 20.5. The first-order valence-corrected chi connectivity index (χ1v) is 14.2. The molecular weight excluding hydrogens is 555 g/mol. The third-order valence-corrected chi connectivity index (χ3v) is 7.66. The number of pyridine rings is 1. The number of carbonyl (C=O) groups excluding carboxylic acids is 1. The molecule has 6 rings (SSSR count). The lowest BCUT2D eigenvalue weighted by molar-refractivity contribution is 0.0204. The van der Waals surface area contributed by atoms with Gasteiger partial charge in [0.05, 0.1) is 12.7 Å². The van der Waals surface area contributed by atoms with Gasteiger partial charge in [-0.3, -0.25) is 4.68 Å². The normalized spacial score (nSPS) is 14.4. The number of fused-ring (bicyclic) bond motifs is 1. The number of aromatic nitrogens is 4. The van der Waals surface area contributed by atoms with Crippen molar-refractivity contribution in [2.24, 2.45) is 0 Å². The van der Waals surface area contributed by atoms with Gasteiger partial charge in [-0.25, -0.2) is 22.9 Å². The first kappa shape index (κ1) is 28.5. The van der Waals surface area contributed by atoms with E-state index in [4.69, 9.17) is 4.74 Å². The van der Waals surface area contributed by atoms with Crippen LogP contribution in [0, 0.1) is 17.5 Å². The Morgan fingerprint density at radius 1 is 0.977 bits per heavy atom. The molecule has 0 unspecified atom stereocenters. The highest BCUT2D eigenvalue weighted by atomic mass is 19.1. The van der Waals surface area contributed by atoms with Crippen molar-refractivity contribution in [2.45, 2.75) is 51.7 Å². The fraction of sp³-hybridized carbons (Fsp3) is 0.303. The lowest BCUT2D eigenvalue weighted by Crippen LogP contribution is -2.41. The van der Waals surface area contributed by atoms with Gasteiger partial charge in [0.2, 0.25) is 0 Å². The summed E-state index contributed by atoms with van der Waals surface area (Å²) in [7, 11) is 0. The number of amides is 1. The molecule has 222 valence electrons. The van der Waals surface area contributed by atoms with Gasteiger partial charge < -0.3 is 14.6 Å². The third kappa shape index (κ3) is 6.28. The van der Waals surface area contributed by atoms with Crippen LogP contribution in [-0.4, -0.2) is 49.4 Å². The molecule has 7 nitrogen and oxygen atoms in total.